The first-order valence-corrected chi connectivity index (χ1v) is 7.70. The van der Waals surface area contributed by atoms with Crippen LogP contribution in [-0.4, -0.2) is 11.9 Å². The molecule has 0 amide bonds. The summed E-state index contributed by atoms with van der Waals surface area (Å²) in [6.07, 6.45) is 5.37. The Labute approximate surface area is 132 Å². The van der Waals surface area contributed by atoms with E-state index in [0.717, 1.165) is 13.0 Å². The summed E-state index contributed by atoms with van der Waals surface area (Å²) in [4.78, 5) is 2.24. The van der Waals surface area contributed by atoms with Crippen molar-refractivity contribution in [1.82, 2.24) is 4.90 Å². The van der Waals surface area contributed by atoms with E-state index in [1.165, 1.54) is 21.9 Å². The van der Waals surface area contributed by atoms with Gasteiger partial charge in [0.15, 0.2) is 0 Å². The standard InChI is InChI=1S/C21H21N/c1-22(16-8-11-18-9-3-2-4-10-18)17-20-14-7-13-19-12-5-6-15-21(19)20/h2-10,12-16H,11,17H2,1H3/b16-8+. The molecule has 0 atom stereocenters. The van der Waals surface area contributed by atoms with Crippen LogP contribution in [0, 0.1) is 0 Å². The summed E-state index contributed by atoms with van der Waals surface area (Å²) in [5.41, 5.74) is 2.71. The normalized spacial score (nSPS) is 11.1. The van der Waals surface area contributed by atoms with Gasteiger partial charge in [0.1, 0.15) is 0 Å². The summed E-state index contributed by atoms with van der Waals surface area (Å²) in [7, 11) is 2.13. The predicted octanol–water partition coefficient (Wildman–Crippen LogP) is 5.03. The van der Waals surface area contributed by atoms with Crippen LogP contribution in [0.4, 0.5) is 0 Å². The molecule has 0 aliphatic rings. The molecule has 0 radical (unpaired) electrons. The van der Waals surface area contributed by atoms with E-state index >= 15 is 0 Å². The molecule has 0 spiro atoms. The SMILES string of the molecule is CN(/C=C/Cc1ccccc1)Cc1cccc2ccccc12. The zero-order valence-electron chi connectivity index (χ0n) is 12.9. The van der Waals surface area contributed by atoms with Gasteiger partial charge in [-0.1, -0.05) is 78.9 Å². The second-order valence-electron chi connectivity index (χ2n) is 5.63. The highest BCUT2D eigenvalue weighted by molar-refractivity contribution is 5.85. The second-order valence-corrected chi connectivity index (χ2v) is 5.63. The maximum atomic E-state index is 2.24. The zero-order chi connectivity index (χ0) is 15.2. The monoisotopic (exact) mass is 287 g/mol. The minimum Gasteiger partial charge on any atom is -0.376 e. The Morgan fingerprint density at radius 2 is 1.55 bits per heavy atom. The zero-order valence-corrected chi connectivity index (χ0v) is 12.9. The highest BCUT2D eigenvalue weighted by atomic mass is 15.1. The lowest BCUT2D eigenvalue weighted by Gasteiger charge is -2.15. The molecule has 0 fully saturated rings. The van der Waals surface area contributed by atoms with Gasteiger partial charge in [-0.05, 0) is 34.5 Å². The first kappa shape index (κ1) is 14.4. The van der Waals surface area contributed by atoms with Crippen molar-refractivity contribution in [1.29, 1.82) is 0 Å². The molecule has 3 aromatic rings. The van der Waals surface area contributed by atoms with Crippen molar-refractivity contribution in [3.8, 4) is 0 Å². The van der Waals surface area contributed by atoms with Gasteiger partial charge >= 0.3 is 0 Å². The third kappa shape index (κ3) is 3.56. The van der Waals surface area contributed by atoms with Gasteiger partial charge in [-0.15, -0.1) is 0 Å². The lowest BCUT2D eigenvalue weighted by atomic mass is 10.0. The van der Waals surface area contributed by atoms with Crippen LogP contribution >= 0.6 is 0 Å². The van der Waals surface area contributed by atoms with Crippen LogP contribution in [0.3, 0.4) is 0 Å². The molecule has 1 heteroatoms. The van der Waals surface area contributed by atoms with Crippen LogP contribution in [0.1, 0.15) is 11.1 Å². The number of nitrogens with zero attached hydrogens (tertiary/aromatic N) is 1. The molecule has 22 heavy (non-hydrogen) atoms. The maximum Gasteiger partial charge on any atom is 0.0426 e. The lowest BCUT2D eigenvalue weighted by Crippen LogP contribution is -2.10. The summed E-state index contributed by atoms with van der Waals surface area (Å²) < 4.78 is 0. The summed E-state index contributed by atoms with van der Waals surface area (Å²) >= 11 is 0. The van der Waals surface area contributed by atoms with Crippen molar-refractivity contribution >= 4 is 10.8 Å². The third-order valence-corrected chi connectivity index (χ3v) is 3.86. The summed E-state index contributed by atoms with van der Waals surface area (Å²) in [6.45, 7) is 0.923. The largest absolute Gasteiger partial charge is 0.376 e. The molecule has 0 heterocycles. The first-order chi connectivity index (χ1) is 10.8. The van der Waals surface area contributed by atoms with Crippen molar-refractivity contribution in [2.75, 3.05) is 7.05 Å². The molecule has 0 aromatic heterocycles. The Kier molecular flexibility index (Phi) is 4.55. The Balaban J connectivity index is 1.67. The van der Waals surface area contributed by atoms with Crippen LogP contribution in [0.5, 0.6) is 0 Å². The van der Waals surface area contributed by atoms with Crippen LogP contribution in [-0.2, 0) is 13.0 Å². The van der Waals surface area contributed by atoms with Gasteiger partial charge in [0, 0.05) is 13.6 Å². The number of hydrogen-bond acceptors (Lipinski definition) is 1. The fourth-order valence-electron chi connectivity index (χ4n) is 2.73. The minimum atomic E-state index is 0.923. The highest BCUT2D eigenvalue weighted by Crippen LogP contribution is 2.19. The van der Waals surface area contributed by atoms with Gasteiger partial charge in [-0.25, -0.2) is 0 Å². The van der Waals surface area contributed by atoms with Gasteiger partial charge in [0.25, 0.3) is 0 Å². The molecule has 0 unspecified atom stereocenters. The minimum absolute atomic E-state index is 0.923. The average Bonchev–Trinajstić information content (AvgIpc) is 2.56. The number of allylic oxidation sites excluding steroid dienone is 1. The van der Waals surface area contributed by atoms with E-state index < -0.39 is 0 Å². The Hall–Kier alpha value is -2.54. The highest BCUT2D eigenvalue weighted by Gasteiger charge is 2.01. The van der Waals surface area contributed by atoms with Crippen LogP contribution in [0.25, 0.3) is 10.8 Å². The fourth-order valence-corrected chi connectivity index (χ4v) is 2.73. The van der Waals surface area contributed by atoms with Crippen LogP contribution in [0.15, 0.2) is 85.1 Å². The first-order valence-electron chi connectivity index (χ1n) is 7.70. The van der Waals surface area contributed by atoms with Crippen molar-refractivity contribution in [2.24, 2.45) is 0 Å². The smallest absolute Gasteiger partial charge is 0.0426 e. The molecule has 1 nitrogen and oxygen atoms in total. The molecule has 0 saturated carbocycles. The number of rotatable bonds is 5. The van der Waals surface area contributed by atoms with Gasteiger partial charge in [0.05, 0.1) is 0 Å². The van der Waals surface area contributed by atoms with E-state index in [4.69, 9.17) is 0 Å². The number of benzene rings is 3. The van der Waals surface area contributed by atoms with Crippen molar-refractivity contribution < 1.29 is 0 Å². The van der Waals surface area contributed by atoms with Gasteiger partial charge in [-0.2, -0.15) is 0 Å². The molecule has 0 saturated heterocycles. The van der Waals surface area contributed by atoms with E-state index in [9.17, 15) is 0 Å². The molecule has 110 valence electrons. The molecular weight excluding hydrogens is 266 g/mol. The van der Waals surface area contributed by atoms with Crippen molar-refractivity contribution in [2.45, 2.75) is 13.0 Å². The second kappa shape index (κ2) is 6.95. The topological polar surface area (TPSA) is 3.24 Å². The van der Waals surface area contributed by atoms with Gasteiger partial charge < -0.3 is 4.90 Å². The molecule has 0 aliphatic carbocycles. The summed E-state index contributed by atoms with van der Waals surface area (Å²) in [6, 6.07) is 25.6. The van der Waals surface area contributed by atoms with E-state index in [1.54, 1.807) is 0 Å². The Morgan fingerprint density at radius 3 is 2.41 bits per heavy atom. The van der Waals surface area contributed by atoms with Crippen LogP contribution in [0.2, 0.25) is 0 Å². The summed E-state index contributed by atoms with van der Waals surface area (Å²) in [5.74, 6) is 0. The van der Waals surface area contributed by atoms with E-state index in [0.29, 0.717) is 0 Å². The van der Waals surface area contributed by atoms with E-state index in [1.807, 2.05) is 0 Å². The van der Waals surface area contributed by atoms with Crippen molar-refractivity contribution in [3.05, 3.63) is 96.2 Å². The quantitative estimate of drug-likeness (QED) is 0.636. The fraction of sp³-hybridized carbons (Fsp3) is 0.143. The van der Waals surface area contributed by atoms with Crippen molar-refractivity contribution in [3.63, 3.8) is 0 Å². The molecule has 3 rings (SSSR count). The Morgan fingerprint density at radius 1 is 0.818 bits per heavy atom. The third-order valence-electron chi connectivity index (χ3n) is 3.86. The molecular formula is C21H21N. The predicted molar refractivity (Wildman–Crippen MR) is 94.7 cm³/mol. The molecule has 3 aromatic carbocycles. The van der Waals surface area contributed by atoms with Crippen LogP contribution < -0.4 is 0 Å². The molecule has 0 aliphatic heterocycles. The average molecular weight is 287 g/mol. The van der Waals surface area contributed by atoms with Gasteiger partial charge in [0.2, 0.25) is 0 Å². The van der Waals surface area contributed by atoms with E-state index in [2.05, 4.69) is 97.0 Å². The molecule has 0 bridgehead atoms. The Bertz CT molecular complexity index is 754. The van der Waals surface area contributed by atoms with Gasteiger partial charge in [-0.3, -0.25) is 0 Å². The number of fused-ring (bicyclic) bond motifs is 1. The molecule has 0 N–H and O–H groups in total. The number of hydrogen-bond donors (Lipinski definition) is 0. The lowest BCUT2D eigenvalue weighted by molar-refractivity contribution is 0.451. The van der Waals surface area contributed by atoms with E-state index in [-0.39, 0.29) is 0 Å². The maximum absolute atomic E-state index is 2.24. The summed E-state index contributed by atoms with van der Waals surface area (Å²) in [5, 5.41) is 2.65.